The van der Waals surface area contributed by atoms with Crippen LogP contribution < -0.4 is 29.0 Å². The molecule has 0 aliphatic heterocycles. The van der Waals surface area contributed by atoms with Crippen molar-refractivity contribution >= 4 is 6.21 Å². The molecule has 3 nitrogen and oxygen atoms in total. The molecule has 2 N–H and O–H groups in total. The minimum Gasteiger partial charge on any atom is -1.00 e. The predicted molar refractivity (Wildman–Crippen MR) is 32.4 cm³/mol. The Morgan fingerprint density at radius 3 is 2.80 bits per heavy atom. The summed E-state index contributed by atoms with van der Waals surface area (Å²) in [4.78, 5) is 2.86. The fourth-order valence-corrected chi connectivity index (χ4v) is 0.550. The van der Waals surface area contributed by atoms with Gasteiger partial charge in [0.15, 0.2) is 6.20 Å². The molecule has 0 bridgehead atoms. The first-order valence-corrected chi connectivity index (χ1v) is 2.57. The van der Waals surface area contributed by atoms with E-state index in [1.54, 1.807) is 12.3 Å². The van der Waals surface area contributed by atoms with E-state index in [1.807, 2.05) is 12.1 Å². The first kappa shape index (κ1) is 9.35. The highest BCUT2D eigenvalue weighted by Crippen LogP contribution is 1.81. The standard InChI is InChI=1S/C6H6N2O.HI/c9-8-5-6-3-1-2-4-7-6;/h1-5,9H;1H. The van der Waals surface area contributed by atoms with Gasteiger partial charge in [0.05, 0.1) is 0 Å². The number of aromatic amines is 1. The summed E-state index contributed by atoms with van der Waals surface area (Å²) in [5.41, 5.74) is 0.778. The largest absolute Gasteiger partial charge is 1.00 e. The molecular formula is C6H7IN2O. The molecule has 0 aromatic carbocycles. The molecule has 0 aliphatic carbocycles. The van der Waals surface area contributed by atoms with Crippen LogP contribution in [0.3, 0.4) is 0 Å². The smallest absolute Gasteiger partial charge is 0.225 e. The molecule has 1 aromatic heterocycles. The summed E-state index contributed by atoms with van der Waals surface area (Å²) in [7, 11) is 0. The van der Waals surface area contributed by atoms with Crippen molar-refractivity contribution in [2.75, 3.05) is 0 Å². The van der Waals surface area contributed by atoms with Crippen molar-refractivity contribution in [3.05, 3.63) is 30.1 Å². The van der Waals surface area contributed by atoms with Gasteiger partial charge in [-0.3, -0.25) is 0 Å². The highest BCUT2D eigenvalue weighted by Gasteiger charge is 1.89. The monoisotopic (exact) mass is 250 g/mol. The molecule has 10 heavy (non-hydrogen) atoms. The quantitative estimate of drug-likeness (QED) is 0.251. The second kappa shape index (κ2) is 5.16. The van der Waals surface area contributed by atoms with Crippen molar-refractivity contribution in [3.8, 4) is 0 Å². The zero-order valence-electron chi connectivity index (χ0n) is 5.16. The minimum absolute atomic E-state index is 0. The number of halogens is 1. The minimum atomic E-state index is 0. The number of hydrogen-bond donors (Lipinski definition) is 1. The summed E-state index contributed by atoms with van der Waals surface area (Å²) >= 11 is 0. The lowest BCUT2D eigenvalue weighted by molar-refractivity contribution is -0.379. The van der Waals surface area contributed by atoms with Gasteiger partial charge in [-0.2, -0.15) is 0 Å². The summed E-state index contributed by atoms with van der Waals surface area (Å²) < 4.78 is 0. The first-order valence-electron chi connectivity index (χ1n) is 2.57. The molecule has 0 radical (unpaired) electrons. The van der Waals surface area contributed by atoms with Crippen LogP contribution in [0.4, 0.5) is 0 Å². The number of pyridine rings is 1. The Kier molecular flexibility index (Phi) is 4.82. The third-order valence-corrected chi connectivity index (χ3v) is 0.930. The Labute approximate surface area is 75.8 Å². The SMILES string of the molecule is ON=Cc1cccc[nH+]1.[I-]. The summed E-state index contributed by atoms with van der Waals surface area (Å²) in [5.74, 6) is 0. The molecule has 0 saturated heterocycles. The van der Waals surface area contributed by atoms with Crippen LogP contribution in [0, 0.1) is 0 Å². The first-order chi connectivity index (χ1) is 4.43. The maximum atomic E-state index is 8.07. The van der Waals surface area contributed by atoms with E-state index in [1.165, 1.54) is 6.21 Å². The Morgan fingerprint density at radius 2 is 2.30 bits per heavy atom. The van der Waals surface area contributed by atoms with Crippen molar-refractivity contribution in [1.29, 1.82) is 0 Å². The van der Waals surface area contributed by atoms with Gasteiger partial charge in [0.1, 0.15) is 6.21 Å². The van der Waals surface area contributed by atoms with E-state index in [-0.39, 0.29) is 24.0 Å². The molecule has 0 amide bonds. The molecule has 0 spiro atoms. The topological polar surface area (TPSA) is 46.7 Å². The lowest BCUT2D eigenvalue weighted by atomic mass is 10.4. The van der Waals surface area contributed by atoms with Crippen LogP contribution in [-0.2, 0) is 0 Å². The number of H-pyrrole nitrogens is 1. The van der Waals surface area contributed by atoms with Gasteiger partial charge in [0, 0.05) is 12.1 Å². The molecule has 0 unspecified atom stereocenters. The van der Waals surface area contributed by atoms with Crippen molar-refractivity contribution in [1.82, 2.24) is 0 Å². The van der Waals surface area contributed by atoms with Crippen LogP contribution in [0.1, 0.15) is 5.69 Å². The van der Waals surface area contributed by atoms with E-state index < -0.39 is 0 Å². The Hall–Kier alpha value is -0.650. The Bertz CT molecular complexity index is 200. The summed E-state index contributed by atoms with van der Waals surface area (Å²) in [6, 6.07) is 5.52. The molecule has 0 atom stereocenters. The number of nitrogens with zero attached hydrogens (tertiary/aromatic N) is 1. The van der Waals surface area contributed by atoms with Crippen LogP contribution >= 0.6 is 0 Å². The Morgan fingerprint density at radius 1 is 1.50 bits per heavy atom. The molecule has 1 heterocycles. The van der Waals surface area contributed by atoms with E-state index in [9.17, 15) is 0 Å². The zero-order chi connectivity index (χ0) is 6.53. The molecule has 0 aliphatic rings. The van der Waals surface area contributed by atoms with E-state index in [0.717, 1.165) is 5.69 Å². The van der Waals surface area contributed by atoms with Crippen LogP contribution in [-0.4, -0.2) is 11.4 Å². The number of hydrogen-bond acceptors (Lipinski definition) is 2. The van der Waals surface area contributed by atoms with Gasteiger partial charge in [-0.15, -0.1) is 0 Å². The van der Waals surface area contributed by atoms with Crippen LogP contribution in [0.2, 0.25) is 0 Å². The van der Waals surface area contributed by atoms with Crippen molar-refractivity contribution in [3.63, 3.8) is 0 Å². The maximum absolute atomic E-state index is 8.07. The summed E-state index contributed by atoms with van der Waals surface area (Å²) in [5, 5.41) is 10.9. The van der Waals surface area contributed by atoms with Gasteiger partial charge < -0.3 is 29.2 Å². The van der Waals surface area contributed by atoms with Gasteiger partial charge in [-0.1, -0.05) is 5.16 Å². The summed E-state index contributed by atoms with van der Waals surface area (Å²) in [6.07, 6.45) is 3.09. The van der Waals surface area contributed by atoms with Gasteiger partial charge >= 0.3 is 0 Å². The molecule has 0 saturated carbocycles. The number of oxime groups is 1. The number of rotatable bonds is 1. The van der Waals surface area contributed by atoms with E-state index >= 15 is 0 Å². The fourth-order valence-electron chi connectivity index (χ4n) is 0.550. The predicted octanol–water partition coefficient (Wildman–Crippen LogP) is -2.69. The maximum Gasteiger partial charge on any atom is 0.225 e. The lowest BCUT2D eigenvalue weighted by Gasteiger charge is -1.77. The van der Waals surface area contributed by atoms with E-state index in [4.69, 9.17) is 5.21 Å². The van der Waals surface area contributed by atoms with Gasteiger partial charge in [-0.05, 0) is 6.07 Å². The number of aromatic nitrogens is 1. The van der Waals surface area contributed by atoms with Crippen LogP contribution in [0.15, 0.2) is 29.6 Å². The Balaban J connectivity index is 0.000000810. The third kappa shape index (κ3) is 2.77. The molecule has 54 valence electrons. The van der Waals surface area contributed by atoms with E-state index in [0.29, 0.717) is 0 Å². The molecule has 1 aromatic rings. The number of nitrogens with one attached hydrogen (secondary N) is 1. The molecule has 4 heteroatoms. The average molecular weight is 250 g/mol. The zero-order valence-corrected chi connectivity index (χ0v) is 7.32. The van der Waals surface area contributed by atoms with E-state index in [2.05, 4.69) is 10.1 Å². The lowest BCUT2D eigenvalue weighted by Crippen LogP contribution is -3.00. The van der Waals surface area contributed by atoms with Crippen LogP contribution in [0.25, 0.3) is 0 Å². The van der Waals surface area contributed by atoms with Crippen molar-refractivity contribution in [2.24, 2.45) is 5.16 Å². The second-order valence-electron chi connectivity index (χ2n) is 1.56. The average Bonchev–Trinajstić information content (AvgIpc) is 1.91. The van der Waals surface area contributed by atoms with Gasteiger partial charge in [0.2, 0.25) is 5.69 Å². The highest BCUT2D eigenvalue weighted by molar-refractivity contribution is 5.73. The molecular weight excluding hydrogens is 243 g/mol. The third-order valence-electron chi connectivity index (χ3n) is 0.930. The second-order valence-corrected chi connectivity index (χ2v) is 1.56. The normalized spacial score (nSPS) is 9.20. The van der Waals surface area contributed by atoms with Gasteiger partial charge in [0.25, 0.3) is 0 Å². The molecule has 0 fully saturated rings. The van der Waals surface area contributed by atoms with Crippen molar-refractivity contribution < 1.29 is 34.2 Å². The highest BCUT2D eigenvalue weighted by atomic mass is 127. The molecule has 1 rings (SSSR count). The summed E-state index contributed by atoms with van der Waals surface area (Å²) in [6.45, 7) is 0. The van der Waals surface area contributed by atoms with Gasteiger partial charge in [-0.25, -0.2) is 4.98 Å². The fraction of sp³-hybridized carbons (Fsp3) is 0. The van der Waals surface area contributed by atoms with Crippen LogP contribution in [0.5, 0.6) is 0 Å². The van der Waals surface area contributed by atoms with Crippen molar-refractivity contribution in [2.45, 2.75) is 0 Å².